The normalized spacial score (nSPS) is 10.5. The fraction of sp³-hybridized carbons (Fsp3) is 0.118. The number of hydrogen-bond acceptors (Lipinski definition) is 3. The number of benzene rings is 1. The maximum absolute atomic E-state index is 12.3. The molecule has 0 unspecified atom stereocenters. The summed E-state index contributed by atoms with van der Waals surface area (Å²) >= 11 is 5.74. The summed E-state index contributed by atoms with van der Waals surface area (Å²) in [4.78, 5) is 16.2. The Morgan fingerprint density at radius 3 is 2.70 bits per heavy atom. The van der Waals surface area contributed by atoms with Crippen LogP contribution in [0.3, 0.4) is 0 Å². The van der Waals surface area contributed by atoms with E-state index in [-0.39, 0.29) is 5.91 Å². The van der Waals surface area contributed by atoms with Gasteiger partial charge in [0.05, 0.1) is 17.8 Å². The first-order valence-corrected chi connectivity index (χ1v) is 7.51. The van der Waals surface area contributed by atoms with Crippen molar-refractivity contribution in [2.75, 3.05) is 5.32 Å². The van der Waals surface area contributed by atoms with Gasteiger partial charge in [-0.15, -0.1) is 0 Å². The van der Waals surface area contributed by atoms with Crippen LogP contribution in [-0.4, -0.2) is 20.7 Å². The third-order valence-corrected chi connectivity index (χ3v) is 3.53. The molecular formula is C17H15ClN4O. The molecule has 0 radical (unpaired) electrons. The van der Waals surface area contributed by atoms with Crippen LogP contribution in [0, 0.1) is 6.92 Å². The number of carbonyl (C=O) groups excluding carboxylic acids is 1. The molecule has 3 aromatic rings. The van der Waals surface area contributed by atoms with Gasteiger partial charge in [0.25, 0.3) is 5.91 Å². The first-order chi connectivity index (χ1) is 11.1. The lowest BCUT2D eigenvalue weighted by molar-refractivity contribution is 0.102. The fourth-order valence-electron chi connectivity index (χ4n) is 2.22. The number of carbonyl (C=O) groups is 1. The number of rotatable bonds is 4. The molecule has 1 aromatic carbocycles. The SMILES string of the molecule is Cc1cc(NC(=O)c2ccc(Cl)nc2)n(Cc2ccccc2)n1. The number of nitrogens with zero attached hydrogens (tertiary/aromatic N) is 3. The highest BCUT2D eigenvalue weighted by Crippen LogP contribution is 2.15. The molecule has 0 bridgehead atoms. The van der Waals surface area contributed by atoms with E-state index < -0.39 is 0 Å². The third-order valence-electron chi connectivity index (χ3n) is 3.31. The Morgan fingerprint density at radius 1 is 1.22 bits per heavy atom. The van der Waals surface area contributed by atoms with E-state index in [9.17, 15) is 4.79 Å². The van der Waals surface area contributed by atoms with Crippen molar-refractivity contribution in [3.63, 3.8) is 0 Å². The number of aryl methyl sites for hydroxylation is 1. The van der Waals surface area contributed by atoms with Gasteiger partial charge >= 0.3 is 0 Å². The van der Waals surface area contributed by atoms with Gasteiger partial charge in [0.1, 0.15) is 11.0 Å². The number of anilines is 1. The zero-order chi connectivity index (χ0) is 16.2. The van der Waals surface area contributed by atoms with Gasteiger partial charge < -0.3 is 5.32 Å². The van der Waals surface area contributed by atoms with Crippen LogP contribution < -0.4 is 5.32 Å². The number of hydrogen-bond donors (Lipinski definition) is 1. The standard InChI is InChI=1S/C17H15ClN4O/c1-12-9-16(20-17(23)14-7-8-15(18)19-10-14)22(21-12)11-13-5-3-2-4-6-13/h2-10H,11H2,1H3,(H,20,23). The Labute approximate surface area is 138 Å². The Hall–Kier alpha value is -2.66. The number of halogens is 1. The van der Waals surface area contributed by atoms with Gasteiger partial charge in [0.15, 0.2) is 0 Å². The van der Waals surface area contributed by atoms with Gasteiger partial charge in [-0.3, -0.25) is 4.79 Å². The van der Waals surface area contributed by atoms with Crippen molar-refractivity contribution in [1.29, 1.82) is 0 Å². The number of amides is 1. The lowest BCUT2D eigenvalue weighted by atomic mass is 10.2. The number of nitrogens with one attached hydrogen (secondary N) is 1. The highest BCUT2D eigenvalue weighted by atomic mass is 35.5. The van der Waals surface area contributed by atoms with E-state index in [1.54, 1.807) is 16.8 Å². The fourth-order valence-corrected chi connectivity index (χ4v) is 2.33. The highest BCUT2D eigenvalue weighted by molar-refractivity contribution is 6.29. The second-order valence-electron chi connectivity index (χ2n) is 5.14. The lowest BCUT2D eigenvalue weighted by Crippen LogP contribution is -2.16. The molecule has 2 heterocycles. The van der Waals surface area contributed by atoms with Crippen LogP contribution in [0.25, 0.3) is 0 Å². The van der Waals surface area contributed by atoms with E-state index in [1.165, 1.54) is 6.20 Å². The van der Waals surface area contributed by atoms with E-state index in [0.717, 1.165) is 11.3 Å². The summed E-state index contributed by atoms with van der Waals surface area (Å²) in [5.74, 6) is 0.398. The van der Waals surface area contributed by atoms with Crippen molar-refractivity contribution in [1.82, 2.24) is 14.8 Å². The molecular weight excluding hydrogens is 312 g/mol. The summed E-state index contributed by atoms with van der Waals surface area (Å²) < 4.78 is 1.77. The molecule has 6 heteroatoms. The van der Waals surface area contributed by atoms with E-state index >= 15 is 0 Å². The van der Waals surface area contributed by atoms with Crippen LogP contribution in [0.1, 0.15) is 21.6 Å². The second-order valence-corrected chi connectivity index (χ2v) is 5.53. The van der Waals surface area contributed by atoms with Gasteiger partial charge in [0.2, 0.25) is 0 Å². The van der Waals surface area contributed by atoms with Crippen LogP contribution in [0.2, 0.25) is 5.15 Å². The average molecular weight is 327 g/mol. The van der Waals surface area contributed by atoms with Crippen LogP contribution >= 0.6 is 11.6 Å². The molecule has 0 aliphatic rings. The molecule has 2 aromatic heterocycles. The van der Waals surface area contributed by atoms with Gasteiger partial charge in [-0.05, 0) is 24.6 Å². The largest absolute Gasteiger partial charge is 0.307 e. The quantitative estimate of drug-likeness (QED) is 0.746. The van der Waals surface area contributed by atoms with Crippen molar-refractivity contribution in [2.24, 2.45) is 0 Å². The highest BCUT2D eigenvalue weighted by Gasteiger charge is 2.12. The van der Waals surface area contributed by atoms with E-state index in [4.69, 9.17) is 11.6 Å². The zero-order valence-corrected chi connectivity index (χ0v) is 13.3. The Morgan fingerprint density at radius 2 is 2.00 bits per heavy atom. The van der Waals surface area contributed by atoms with Crippen LogP contribution in [0.5, 0.6) is 0 Å². The van der Waals surface area contributed by atoms with Crippen molar-refractivity contribution in [3.05, 3.63) is 76.7 Å². The van der Waals surface area contributed by atoms with Crippen LogP contribution in [-0.2, 0) is 6.54 Å². The van der Waals surface area contributed by atoms with Gasteiger partial charge in [0, 0.05) is 12.3 Å². The lowest BCUT2D eigenvalue weighted by Gasteiger charge is -2.09. The second kappa shape index (κ2) is 6.62. The summed E-state index contributed by atoms with van der Waals surface area (Å²) in [5, 5.41) is 7.65. The Balaban J connectivity index is 1.80. The minimum Gasteiger partial charge on any atom is -0.307 e. The minimum absolute atomic E-state index is 0.247. The Bertz CT molecular complexity index is 812. The maximum Gasteiger partial charge on any atom is 0.258 e. The zero-order valence-electron chi connectivity index (χ0n) is 12.5. The van der Waals surface area contributed by atoms with E-state index in [1.807, 2.05) is 43.3 Å². The predicted octanol–water partition coefficient (Wildman–Crippen LogP) is 3.54. The van der Waals surface area contributed by atoms with E-state index in [2.05, 4.69) is 15.4 Å². The third kappa shape index (κ3) is 3.76. The molecule has 0 aliphatic heterocycles. The molecule has 0 aliphatic carbocycles. The maximum atomic E-state index is 12.3. The molecule has 0 atom stereocenters. The molecule has 23 heavy (non-hydrogen) atoms. The molecule has 0 saturated carbocycles. The molecule has 1 N–H and O–H groups in total. The summed E-state index contributed by atoms with van der Waals surface area (Å²) in [7, 11) is 0. The number of pyridine rings is 1. The molecule has 5 nitrogen and oxygen atoms in total. The van der Waals surface area contributed by atoms with Crippen LogP contribution in [0.4, 0.5) is 5.82 Å². The monoisotopic (exact) mass is 326 g/mol. The molecule has 1 amide bonds. The van der Waals surface area contributed by atoms with Crippen molar-refractivity contribution >= 4 is 23.3 Å². The Kier molecular flexibility index (Phi) is 4.39. The van der Waals surface area contributed by atoms with Crippen LogP contribution in [0.15, 0.2) is 54.7 Å². The van der Waals surface area contributed by atoms with Crippen molar-refractivity contribution < 1.29 is 4.79 Å². The predicted molar refractivity (Wildman–Crippen MR) is 89.7 cm³/mol. The number of aromatic nitrogens is 3. The van der Waals surface area contributed by atoms with Gasteiger partial charge in [-0.1, -0.05) is 41.9 Å². The summed E-state index contributed by atoms with van der Waals surface area (Å²) in [6, 6.07) is 15.0. The minimum atomic E-state index is -0.247. The van der Waals surface area contributed by atoms with E-state index in [0.29, 0.717) is 23.1 Å². The first-order valence-electron chi connectivity index (χ1n) is 7.13. The van der Waals surface area contributed by atoms with Crippen molar-refractivity contribution in [2.45, 2.75) is 13.5 Å². The summed E-state index contributed by atoms with van der Waals surface area (Å²) in [6.45, 7) is 2.48. The first kappa shape index (κ1) is 15.2. The summed E-state index contributed by atoms with van der Waals surface area (Å²) in [5.41, 5.74) is 2.39. The van der Waals surface area contributed by atoms with Gasteiger partial charge in [-0.2, -0.15) is 5.10 Å². The topological polar surface area (TPSA) is 59.8 Å². The molecule has 0 saturated heterocycles. The average Bonchev–Trinajstić information content (AvgIpc) is 2.88. The molecule has 3 rings (SSSR count). The van der Waals surface area contributed by atoms with Crippen molar-refractivity contribution in [3.8, 4) is 0 Å². The summed E-state index contributed by atoms with van der Waals surface area (Å²) in [6.07, 6.45) is 1.45. The molecule has 116 valence electrons. The van der Waals surface area contributed by atoms with Gasteiger partial charge in [-0.25, -0.2) is 9.67 Å². The smallest absolute Gasteiger partial charge is 0.258 e. The molecule has 0 fully saturated rings. The molecule has 0 spiro atoms.